The molecule has 0 unspecified atom stereocenters. The zero-order valence-corrected chi connectivity index (χ0v) is 7.06. The Balaban J connectivity index is 2.49. The van der Waals surface area contributed by atoms with Gasteiger partial charge in [-0.15, -0.1) is 11.6 Å². The third kappa shape index (κ3) is 1.84. The molecule has 0 aromatic rings. The second kappa shape index (κ2) is 2.68. The van der Waals surface area contributed by atoms with Crippen molar-refractivity contribution in [2.75, 3.05) is 0 Å². The molecule has 1 N–H and O–H groups in total. The van der Waals surface area contributed by atoms with Crippen LogP contribution in [0.3, 0.4) is 0 Å². The van der Waals surface area contributed by atoms with Crippen LogP contribution in [0.4, 0.5) is 0 Å². The van der Waals surface area contributed by atoms with Crippen LogP contribution in [0.15, 0.2) is 0 Å². The number of hydrogen-bond acceptors (Lipinski definition) is 2. The molecular weight excluding hydrogens is 152 g/mol. The van der Waals surface area contributed by atoms with Gasteiger partial charge in [-0.2, -0.15) is 0 Å². The molecule has 1 aliphatic rings. The fourth-order valence-electron chi connectivity index (χ4n) is 1.09. The average molecular weight is 165 g/mol. The van der Waals surface area contributed by atoms with Gasteiger partial charge in [-0.1, -0.05) is 0 Å². The van der Waals surface area contributed by atoms with Crippen molar-refractivity contribution in [2.45, 2.75) is 44.0 Å². The van der Waals surface area contributed by atoms with Crippen LogP contribution in [0, 0.1) is 0 Å². The number of aliphatic hydroxyl groups excluding tert-OH is 1. The third-order valence-electron chi connectivity index (χ3n) is 1.77. The first-order chi connectivity index (χ1) is 4.51. The minimum atomic E-state index is -0.787. The highest BCUT2D eigenvalue weighted by atomic mass is 35.5. The Morgan fingerprint density at radius 1 is 1.60 bits per heavy atom. The van der Waals surface area contributed by atoms with Gasteiger partial charge in [0.1, 0.15) is 0 Å². The van der Waals surface area contributed by atoms with E-state index in [-0.39, 0.29) is 11.0 Å². The fraction of sp³-hybridized carbons (Fsp3) is 1.00. The Kier molecular flexibility index (Phi) is 2.23. The summed E-state index contributed by atoms with van der Waals surface area (Å²) in [4.78, 5) is 0. The summed E-state index contributed by atoms with van der Waals surface area (Å²) in [5, 5.41) is 8.93. The number of rotatable bonds is 0. The third-order valence-corrected chi connectivity index (χ3v) is 2.21. The highest BCUT2D eigenvalue weighted by Gasteiger charge is 2.33. The largest absolute Gasteiger partial charge is 0.367 e. The highest BCUT2D eigenvalue weighted by Crippen LogP contribution is 2.29. The van der Waals surface area contributed by atoms with Gasteiger partial charge in [0.25, 0.3) is 0 Å². The molecule has 0 aromatic heterocycles. The van der Waals surface area contributed by atoms with E-state index in [0.717, 1.165) is 12.8 Å². The molecule has 2 nitrogen and oxygen atoms in total. The van der Waals surface area contributed by atoms with E-state index in [9.17, 15) is 0 Å². The monoisotopic (exact) mass is 164 g/mol. The standard InChI is InChI=1S/C7H13ClO2/c1-7(2)4-3-5(8)6(9)10-7/h5-6,9H,3-4H2,1-2H3/t5-,6+/m1/s1. The van der Waals surface area contributed by atoms with E-state index in [1.54, 1.807) is 0 Å². The number of ether oxygens (including phenoxy) is 1. The maximum Gasteiger partial charge on any atom is 0.171 e. The van der Waals surface area contributed by atoms with Crippen molar-refractivity contribution in [1.82, 2.24) is 0 Å². The fourth-order valence-corrected chi connectivity index (χ4v) is 1.25. The lowest BCUT2D eigenvalue weighted by molar-refractivity contribution is -0.196. The Hall–Kier alpha value is 0.210. The first kappa shape index (κ1) is 8.31. The Morgan fingerprint density at radius 3 is 2.60 bits per heavy atom. The van der Waals surface area contributed by atoms with E-state index >= 15 is 0 Å². The van der Waals surface area contributed by atoms with Crippen LogP contribution < -0.4 is 0 Å². The van der Waals surface area contributed by atoms with E-state index < -0.39 is 6.29 Å². The van der Waals surface area contributed by atoms with Gasteiger partial charge in [0, 0.05) is 0 Å². The molecule has 0 aromatic carbocycles. The summed E-state index contributed by atoms with van der Waals surface area (Å²) in [6, 6.07) is 0. The zero-order chi connectivity index (χ0) is 7.78. The lowest BCUT2D eigenvalue weighted by atomic mass is 9.98. The maximum absolute atomic E-state index is 9.16. The molecule has 10 heavy (non-hydrogen) atoms. The van der Waals surface area contributed by atoms with Crippen LogP contribution in [0.25, 0.3) is 0 Å². The lowest BCUT2D eigenvalue weighted by Gasteiger charge is -2.35. The van der Waals surface area contributed by atoms with Crippen LogP contribution in [0.5, 0.6) is 0 Å². The Morgan fingerprint density at radius 2 is 2.20 bits per heavy atom. The number of alkyl halides is 1. The second-order valence-electron chi connectivity index (χ2n) is 3.32. The number of hydrogen-bond donors (Lipinski definition) is 1. The molecule has 0 radical (unpaired) electrons. The quantitative estimate of drug-likeness (QED) is 0.550. The topological polar surface area (TPSA) is 29.5 Å². The second-order valence-corrected chi connectivity index (χ2v) is 3.88. The molecule has 1 saturated heterocycles. The van der Waals surface area contributed by atoms with E-state index in [1.807, 2.05) is 13.8 Å². The molecule has 0 spiro atoms. The summed E-state index contributed by atoms with van der Waals surface area (Å²) in [6.07, 6.45) is 0.957. The summed E-state index contributed by atoms with van der Waals surface area (Å²) in [6.45, 7) is 3.91. The Labute approximate surface area is 66.1 Å². The van der Waals surface area contributed by atoms with Gasteiger partial charge >= 0.3 is 0 Å². The summed E-state index contributed by atoms with van der Waals surface area (Å²) < 4.78 is 5.21. The summed E-state index contributed by atoms with van der Waals surface area (Å²) >= 11 is 5.72. The molecule has 1 aliphatic heterocycles. The van der Waals surface area contributed by atoms with Gasteiger partial charge in [-0.25, -0.2) is 0 Å². The van der Waals surface area contributed by atoms with Crippen molar-refractivity contribution in [3.8, 4) is 0 Å². The summed E-state index contributed by atoms with van der Waals surface area (Å²) in [5.41, 5.74) is -0.204. The van der Waals surface area contributed by atoms with Crippen LogP contribution >= 0.6 is 11.6 Å². The van der Waals surface area contributed by atoms with Gasteiger partial charge < -0.3 is 9.84 Å². The SMILES string of the molecule is CC1(C)CC[C@@H](Cl)[C@@H](O)O1. The van der Waals surface area contributed by atoms with Gasteiger partial charge in [-0.05, 0) is 26.7 Å². The smallest absolute Gasteiger partial charge is 0.171 e. The van der Waals surface area contributed by atoms with Gasteiger partial charge in [0.2, 0.25) is 0 Å². The molecule has 2 atom stereocenters. The van der Waals surface area contributed by atoms with Crippen molar-refractivity contribution in [3.05, 3.63) is 0 Å². The average Bonchev–Trinajstić information content (AvgIpc) is 1.79. The molecule has 1 rings (SSSR count). The summed E-state index contributed by atoms with van der Waals surface area (Å²) in [5.74, 6) is 0. The molecule has 0 amide bonds. The molecule has 1 fully saturated rings. The predicted octanol–water partition coefficient (Wildman–Crippen LogP) is 1.50. The zero-order valence-electron chi connectivity index (χ0n) is 6.30. The molecule has 0 bridgehead atoms. The molecule has 3 heteroatoms. The first-order valence-corrected chi connectivity index (χ1v) is 3.95. The maximum atomic E-state index is 9.16. The minimum Gasteiger partial charge on any atom is -0.367 e. The van der Waals surface area contributed by atoms with Crippen molar-refractivity contribution < 1.29 is 9.84 Å². The molecule has 0 saturated carbocycles. The van der Waals surface area contributed by atoms with Crippen molar-refractivity contribution >= 4 is 11.6 Å². The minimum absolute atomic E-state index is 0.204. The van der Waals surface area contributed by atoms with Crippen LogP contribution in [0.1, 0.15) is 26.7 Å². The van der Waals surface area contributed by atoms with Gasteiger partial charge in [0.15, 0.2) is 6.29 Å². The van der Waals surface area contributed by atoms with Crippen LogP contribution in [-0.4, -0.2) is 22.4 Å². The highest BCUT2D eigenvalue weighted by molar-refractivity contribution is 6.20. The predicted molar refractivity (Wildman–Crippen MR) is 40.0 cm³/mol. The van der Waals surface area contributed by atoms with Gasteiger partial charge in [-0.3, -0.25) is 0 Å². The van der Waals surface area contributed by atoms with Crippen molar-refractivity contribution in [1.29, 1.82) is 0 Å². The van der Waals surface area contributed by atoms with E-state index in [2.05, 4.69) is 0 Å². The van der Waals surface area contributed by atoms with Crippen LogP contribution in [-0.2, 0) is 4.74 Å². The van der Waals surface area contributed by atoms with Crippen molar-refractivity contribution in [2.24, 2.45) is 0 Å². The van der Waals surface area contributed by atoms with Crippen molar-refractivity contribution in [3.63, 3.8) is 0 Å². The lowest BCUT2D eigenvalue weighted by Crippen LogP contribution is -2.41. The van der Waals surface area contributed by atoms with E-state index in [4.69, 9.17) is 21.4 Å². The van der Waals surface area contributed by atoms with E-state index in [0.29, 0.717) is 0 Å². The Bertz CT molecular complexity index is 125. The summed E-state index contributed by atoms with van der Waals surface area (Å²) in [7, 11) is 0. The first-order valence-electron chi connectivity index (χ1n) is 3.51. The number of aliphatic hydroxyl groups is 1. The number of halogens is 1. The van der Waals surface area contributed by atoms with E-state index in [1.165, 1.54) is 0 Å². The molecule has 60 valence electrons. The normalized spacial score (nSPS) is 39.6. The molecule has 1 heterocycles. The molecular formula is C7H13ClO2. The molecule has 0 aliphatic carbocycles. The van der Waals surface area contributed by atoms with Gasteiger partial charge in [0.05, 0.1) is 11.0 Å². The van der Waals surface area contributed by atoms with Crippen LogP contribution in [0.2, 0.25) is 0 Å².